The Hall–Kier alpha value is -2.16. The van der Waals surface area contributed by atoms with Gasteiger partial charge >= 0.3 is 0 Å². The van der Waals surface area contributed by atoms with Crippen LogP contribution in [0.5, 0.6) is 0 Å². The zero-order valence-electron chi connectivity index (χ0n) is 14.1. The number of benzene rings is 1. The number of hydrogen-bond acceptors (Lipinski definition) is 6. The standard InChI is InChI=1S/C18H18N2O4S2/c1-23-8-7-19-16(21)12-4-2-3-11(9-12)14-6-5-13(24-14)10-15-17(22)20-18(25)26-15/h2-4,6,9-10,13H,5,7-8H2,1H3,(H,19,21)(H,20,22,25)/b15-10-. The number of carbonyl (C=O) groups is 2. The summed E-state index contributed by atoms with van der Waals surface area (Å²) in [7, 11) is 1.59. The molecule has 1 fully saturated rings. The maximum Gasteiger partial charge on any atom is 0.263 e. The summed E-state index contributed by atoms with van der Waals surface area (Å²) in [6.07, 6.45) is 4.17. The van der Waals surface area contributed by atoms with E-state index in [-0.39, 0.29) is 17.9 Å². The van der Waals surface area contributed by atoms with Crippen molar-refractivity contribution in [1.82, 2.24) is 10.6 Å². The van der Waals surface area contributed by atoms with Gasteiger partial charge < -0.3 is 20.1 Å². The lowest BCUT2D eigenvalue weighted by atomic mass is 10.1. The molecule has 1 aromatic rings. The quantitative estimate of drug-likeness (QED) is 0.441. The van der Waals surface area contributed by atoms with Crippen LogP contribution in [0.15, 0.2) is 41.3 Å². The highest BCUT2D eigenvalue weighted by Gasteiger charge is 2.26. The van der Waals surface area contributed by atoms with E-state index in [4.69, 9.17) is 21.7 Å². The molecule has 0 saturated carbocycles. The largest absolute Gasteiger partial charge is 0.486 e. The fraction of sp³-hybridized carbons (Fsp3) is 0.278. The summed E-state index contributed by atoms with van der Waals surface area (Å²) in [6.45, 7) is 0.918. The van der Waals surface area contributed by atoms with Crippen molar-refractivity contribution in [3.8, 4) is 0 Å². The van der Waals surface area contributed by atoms with Crippen molar-refractivity contribution >= 4 is 45.9 Å². The van der Waals surface area contributed by atoms with Crippen LogP contribution in [0, 0.1) is 0 Å². The third kappa shape index (κ3) is 4.51. The molecule has 2 aliphatic rings. The van der Waals surface area contributed by atoms with Gasteiger partial charge in [-0.25, -0.2) is 0 Å². The summed E-state index contributed by atoms with van der Waals surface area (Å²) in [5.41, 5.74) is 1.38. The summed E-state index contributed by atoms with van der Waals surface area (Å²) >= 11 is 6.22. The molecule has 0 aromatic heterocycles. The first-order chi connectivity index (χ1) is 12.6. The number of carbonyl (C=O) groups excluding carboxylic acids is 2. The van der Waals surface area contributed by atoms with Gasteiger partial charge in [-0.05, 0) is 24.3 Å². The third-order valence-corrected chi connectivity index (χ3v) is 4.98. The molecule has 0 aliphatic carbocycles. The van der Waals surface area contributed by atoms with E-state index in [1.807, 2.05) is 18.2 Å². The summed E-state index contributed by atoms with van der Waals surface area (Å²) < 4.78 is 11.3. The van der Waals surface area contributed by atoms with Crippen LogP contribution in [0.25, 0.3) is 5.76 Å². The molecule has 8 heteroatoms. The molecule has 136 valence electrons. The first-order valence-corrected chi connectivity index (χ1v) is 9.28. The second kappa shape index (κ2) is 8.48. The number of nitrogens with one attached hydrogen (secondary N) is 2. The van der Waals surface area contributed by atoms with E-state index in [9.17, 15) is 9.59 Å². The summed E-state index contributed by atoms with van der Waals surface area (Å²) in [5, 5.41) is 5.38. The number of hydrogen-bond donors (Lipinski definition) is 2. The first kappa shape index (κ1) is 18.6. The number of rotatable bonds is 6. The summed E-state index contributed by atoms with van der Waals surface area (Å²) in [5.74, 6) is 0.352. The molecular formula is C18H18N2O4S2. The van der Waals surface area contributed by atoms with Crippen molar-refractivity contribution in [1.29, 1.82) is 0 Å². The van der Waals surface area contributed by atoms with Gasteiger partial charge in [0.2, 0.25) is 0 Å². The van der Waals surface area contributed by atoms with Crippen LogP contribution in [0.1, 0.15) is 22.3 Å². The number of ether oxygens (including phenoxy) is 2. The van der Waals surface area contributed by atoms with E-state index in [1.165, 1.54) is 11.8 Å². The predicted octanol–water partition coefficient (Wildman–Crippen LogP) is 2.22. The number of thiocarbonyl (C=S) groups is 1. The molecule has 1 aromatic carbocycles. The van der Waals surface area contributed by atoms with Gasteiger partial charge in [-0.3, -0.25) is 9.59 Å². The minimum atomic E-state index is -0.224. The second-order valence-electron chi connectivity index (χ2n) is 5.66. The Balaban J connectivity index is 1.64. The van der Waals surface area contributed by atoms with Crippen LogP contribution in [-0.4, -0.2) is 42.5 Å². The van der Waals surface area contributed by atoms with Gasteiger partial charge in [0.1, 0.15) is 16.2 Å². The molecule has 0 radical (unpaired) electrons. The maximum absolute atomic E-state index is 12.2. The van der Waals surface area contributed by atoms with Gasteiger partial charge in [0.25, 0.3) is 11.8 Å². The van der Waals surface area contributed by atoms with E-state index in [2.05, 4.69) is 10.6 Å². The van der Waals surface area contributed by atoms with Crippen molar-refractivity contribution in [2.24, 2.45) is 0 Å². The minimum Gasteiger partial charge on any atom is -0.486 e. The Morgan fingerprint density at radius 1 is 1.54 bits per heavy atom. The highest BCUT2D eigenvalue weighted by molar-refractivity contribution is 8.26. The lowest BCUT2D eigenvalue weighted by Gasteiger charge is -2.11. The van der Waals surface area contributed by atoms with Crippen LogP contribution < -0.4 is 10.6 Å². The molecular weight excluding hydrogens is 372 g/mol. The topological polar surface area (TPSA) is 76.7 Å². The molecule has 26 heavy (non-hydrogen) atoms. The van der Waals surface area contributed by atoms with Gasteiger partial charge in [-0.1, -0.05) is 36.1 Å². The molecule has 2 N–H and O–H groups in total. The van der Waals surface area contributed by atoms with E-state index >= 15 is 0 Å². The average Bonchev–Trinajstić information content (AvgIpc) is 3.22. The zero-order chi connectivity index (χ0) is 18.5. The monoisotopic (exact) mass is 390 g/mol. The van der Waals surface area contributed by atoms with Gasteiger partial charge in [-0.2, -0.15) is 0 Å². The van der Waals surface area contributed by atoms with E-state index in [1.54, 1.807) is 25.3 Å². The van der Waals surface area contributed by atoms with Crippen molar-refractivity contribution in [3.05, 3.63) is 52.4 Å². The first-order valence-electron chi connectivity index (χ1n) is 8.06. The Bertz CT molecular complexity index is 804. The van der Waals surface area contributed by atoms with Gasteiger partial charge in [-0.15, -0.1) is 0 Å². The molecule has 3 rings (SSSR count). The van der Waals surface area contributed by atoms with Crippen molar-refractivity contribution in [2.45, 2.75) is 12.5 Å². The second-order valence-corrected chi connectivity index (χ2v) is 7.38. The molecule has 0 bridgehead atoms. The third-order valence-electron chi connectivity index (χ3n) is 3.79. The lowest BCUT2D eigenvalue weighted by Crippen LogP contribution is -2.26. The van der Waals surface area contributed by atoms with E-state index < -0.39 is 0 Å². The van der Waals surface area contributed by atoms with Crippen molar-refractivity contribution < 1.29 is 19.1 Å². The molecule has 0 spiro atoms. The van der Waals surface area contributed by atoms with Crippen LogP contribution in [-0.2, 0) is 14.3 Å². The van der Waals surface area contributed by atoms with E-state index in [0.29, 0.717) is 40.1 Å². The fourth-order valence-electron chi connectivity index (χ4n) is 2.56. The highest BCUT2D eigenvalue weighted by Crippen LogP contribution is 2.31. The lowest BCUT2D eigenvalue weighted by molar-refractivity contribution is -0.115. The Morgan fingerprint density at radius 3 is 3.12 bits per heavy atom. The molecule has 1 unspecified atom stereocenters. The molecule has 2 amide bonds. The Labute approximate surface area is 161 Å². The normalized spacial score (nSPS) is 20.7. The highest BCUT2D eigenvalue weighted by atomic mass is 32.2. The van der Waals surface area contributed by atoms with Crippen LogP contribution in [0.3, 0.4) is 0 Å². The fourth-order valence-corrected chi connectivity index (χ4v) is 3.63. The summed E-state index contributed by atoms with van der Waals surface area (Å²) in [4.78, 5) is 24.4. The number of methoxy groups -OCH3 is 1. The van der Waals surface area contributed by atoms with Crippen LogP contribution in [0.4, 0.5) is 0 Å². The molecule has 1 atom stereocenters. The van der Waals surface area contributed by atoms with Gasteiger partial charge in [0.05, 0.1) is 11.5 Å². The maximum atomic E-state index is 12.2. The molecule has 2 heterocycles. The Kier molecular flexibility index (Phi) is 6.08. The predicted molar refractivity (Wildman–Crippen MR) is 105 cm³/mol. The minimum absolute atomic E-state index is 0.159. The van der Waals surface area contributed by atoms with Crippen molar-refractivity contribution in [3.63, 3.8) is 0 Å². The summed E-state index contributed by atoms with van der Waals surface area (Å²) in [6, 6.07) is 7.24. The molecule has 1 saturated heterocycles. The van der Waals surface area contributed by atoms with Gasteiger partial charge in [0, 0.05) is 31.2 Å². The number of thioether (sulfide) groups is 1. The molecule has 6 nitrogen and oxygen atoms in total. The van der Waals surface area contributed by atoms with Crippen LogP contribution >= 0.6 is 24.0 Å². The van der Waals surface area contributed by atoms with E-state index in [0.717, 1.165) is 5.56 Å². The molecule has 2 aliphatic heterocycles. The average molecular weight is 390 g/mol. The van der Waals surface area contributed by atoms with Gasteiger partial charge in [0.15, 0.2) is 0 Å². The number of amides is 2. The zero-order valence-corrected chi connectivity index (χ0v) is 15.7. The SMILES string of the molecule is COCCNC(=O)c1cccc(C2=CCC(/C=C3\SC(=S)NC3=O)O2)c1. The smallest absolute Gasteiger partial charge is 0.263 e. The van der Waals surface area contributed by atoms with Crippen LogP contribution in [0.2, 0.25) is 0 Å². The Morgan fingerprint density at radius 2 is 2.38 bits per heavy atom. The van der Waals surface area contributed by atoms with Crippen molar-refractivity contribution in [2.75, 3.05) is 20.3 Å².